The molecule has 4 rings (SSSR count). The maximum Gasteiger partial charge on any atom is 0.264 e. The van der Waals surface area contributed by atoms with Crippen LogP contribution in [0.25, 0.3) is 6.08 Å². The summed E-state index contributed by atoms with van der Waals surface area (Å²) < 4.78 is 6.92. The predicted molar refractivity (Wildman–Crippen MR) is 122 cm³/mol. The molecular weight excluding hydrogens is 448 g/mol. The number of nitrogens with zero attached hydrogens (tertiary/aromatic N) is 1. The first-order chi connectivity index (χ1) is 14.2. The average molecular weight is 465 g/mol. The summed E-state index contributed by atoms with van der Waals surface area (Å²) >= 11 is 4.81. The molecule has 0 radical (unpaired) electrons. The fourth-order valence-electron chi connectivity index (χ4n) is 2.74. The standard InChI is InChI=1S/C23H17BrN2O2S/c24-18-11-12-20(28-15-16-7-3-1-4-8-16)17(13-18)14-21-22(27)26-23(29-21)25-19-9-5-2-6-10-19/h1-14H,15H2,(H,25,26,27). The molecule has 144 valence electrons. The lowest BCUT2D eigenvalue weighted by molar-refractivity contribution is -0.115. The number of amidine groups is 1. The number of benzene rings is 3. The molecule has 1 amide bonds. The van der Waals surface area contributed by atoms with Gasteiger partial charge in [-0.05, 0) is 53.7 Å². The van der Waals surface area contributed by atoms with E-state index in [-0.39, 0.29) is 5.91 Å². The quantitative estimate of drug-likeness (QED) is 0.476. The van der Waals surface area contributed by atoms with Gasteiger partial charge in [0.1, 0.15) is 12.4 Å². The highest BCUT2D eigenvalue weighted by Crippen LogP contribution is 2.32. The molecule has 1 aliphatic heterocycles. The number of amides is 1. The number of nitrogens with one attached hydrogen (secondary N) is 1. The summed E-state index contributed by atoms with van der Waals surface area (Å²) in [6.45, 7) is 0.457. The van der Waals surface area contributed by atoms with Crippen LogP contribution in [0.1, 0.15) is 11.1 Å². The number of hydrogen-bond donors (Lipinski definition) is 1. The molecule has 4 nitrogen and oxygen atoms in total. The Morgan fingerprint density at radius 3 is 2.48 bits per heavy atom. The zero-order valence-corrected chi connectivity index (χ0v) is 17.7. The van der Waals surface area contributed by atoms with Gasteiger partial charge in [0.2, 0.25) is 0 Å². The molecule has 6 heteroatoms. The van der Waals surface area contributed by atoms with Crippen LogP contribution in [0.4, 0.5) is 5.69 Å². The van der Waals surface area contributed by atoms with Crippen LogP contribution in [-0.2, 0) is 11.4 Å². The molecule has 0 atom stereocenters. The molecule has 1 aliphatic rings. The zero-order chi connectivity index (χ0) is 20.1. The van der Waals surface area contributed by atoms with Crippen LogP contribution in [0.2, 0.25) is 0 Å². The summed E-state index contributed by atoms with van der Waals surface area (Å²) in [6, 6.07) is 25.3. The fraction of sp³-hybridized carbons (Fsp3) is 0.0435. The number of halogens is 1. The van der Waals surface area contributed by atoms with Crippen molar-refractivity contribution in [2.24, 2.45) is 4.99 Å². The van der Waals surface area contributed by atoms with E-state index in [4.69, 9.17) is 4.74 Å². The minimum absolute atomic E-state index is 0.168. The number of para-hydroxylation sites is 1. The third-order valence-electron chi connectivity index (χ3n) is 4.13. The van der Waals surface area contributed by atoms with Crippen molar-refractivity contribution in [3.63, 3.8) is 0 Å². The summed E-state index contributed by atoms with van der Waals surface area (Å²) in [6.07, 6.45) is 1.83. The van der Waals surface area contributed by atoms with Gasteiger partial charge in [-0.15, -0.1) is 0 Å². The second-order valence-corrected chi connectivity index (χ2v) is 8.22. The Morgan fingerprint density at radius 1 is 1.00 bits per heavy atom. The van der Waals surface area contributed by atoms with Crippen molar-refractivity contribution in [2.75, 3.05) is 0 Å². The van der Waals surface area contributed by atoms with Gasteiger partial charge < -0.3 is 10.1 Å². The molecular formula is C23H17BrN2O2S. The second-order valence-electron chi connectivity index (χ2n) is 6.27. The van der Waals surface area contributed by atoms with Crippen molar-refractivity contribution >= 4 is 50.5 Å². The smallest absolute Gasteiger partial charge is 0.264 e. The van der Waals surface area contributed by atoms with Gasteiger partial charge in [0.15, 0.2) is 5.17 Å². The Kier molecular flexibility index (Phi) is 6.12. The van der Waals surface area contributed by atoms with Crippen LogP contribution in [0, 0.1) is 0 Å². The summed E-state index contributed by atoms with van der Waals surface area (Å²) in [4.78, 5) is 17.5. The molecule has 1 N–H and O–H groups in total. The molecule has 3 aromatic rings. The summed E-state index contributed by atoms with van der Waals surface area (Å²) in [5.41, 5.74) is 2.71. The molecule has 1 saturated heterocycles. The highest BCUT2D eigenvalue weighted by molar-refractivity contribution is 9.10. The topological polar surface area (TPSA) is 50.7 Å². The number of aliphatic imine (C=N–C) groups is 1. The maximum absolute atomic E-state index is 12.4. The van der Waals surface area contributed by atoms with Crippen LogP contribution in [-0.4, -0.2) is 11.1 Å². The van der Waals surface area contributed by atoms with Gasteiger partial charge in [-0.2, -0.15) is 0 Å². The lowest BCUT2D eigenvalue weighted by atomic mass is 10.2. The lowest BCUT2D eigenvalue weighted by Crippen LogP contribution is -2.19. The minimum Gasteiger partial charge on any atom is -0.488 e. The lowest BCUT2D eigenvalue weighted by Gasteiger charge is -2.10. The highest BCUT2D eigenvalue weighted by atomic mass is 79.9. The van der Waals surface area contributed by atoms with E-state index in [1.807, 2.05) is 84.9 Å². The van der Waals surface area contributed by atoms with E-state index in [9.17, 15) is 4.79 Å². The van der Waals surface area contributed by atoms with Crippen molar-refractivity contribution in [3.05, 3.63) is 99.4 Å². The normalized spacial score (nSPS) is 16.2. The van der Waals surface area contributed by atoms with Gasteiger partial charge in [-0.25, -0.2) is 4.99 Å². The summed E-state index contributed by atoms with van der Waals surface area (Å²) in [7, 11) is 0. The number of carbonyl (C=O) groups excluding carboxylic acids is 1. The molecule has 29 heavy (non-hydrogen) atoms. The van der Waals surface area contributed by atoms with Gasteiger partial charge in [-0.1, -0.05) is 64.5 Å². The fourth-order valence-corrected chi connectivity index (χ4v) is 3.95. The largest absolute Gasteiger partial charge is 0.488 e. The Hall–Kier alpha value is -2.83. The Morgan fingerprint density at radius 2 is 1.72 bits per heavy atom. The maximum atomic E-state index is 12.4. The first-order valence-corrected chi connectivity index (χ1v) is 10.6. The summed E-state index contributed by atoms with van der Waals surface area (Å²) in [5, 5.41) is 3.38. The van der Waals surface area contributed by atoms with E-state index >= 15 is 0 Å². The van der Waals surface area contributed by atoms with Crippen LogP contribution in [0.3, 0.4) is 0 Å². The molecule has 0 bridgehead atoms. The van der Waals surface area contributed by atoms with Crippen LogP contribution in [0.5, 0.6) is 5.75 Å². The third-order valence-corrected chi connectivity index (χ3v) is 5.54. The Bertz CT molecular complexity index is 1080. The van der Waals surface area contributed by atoms with Gasteiger partial charge in [-0.3, -0.25) is 4.79 Å². The van der Waals surface area contributed by atoms with E-state index in [1.165, 1.54) is 11.8 Å². The van der Waals surface area contributed by atoms with E-state index in [0.717, 1.165) is 21.3 Å². The average Bonchev–Trinajstić information content (AvgIpc) is 3.07. The van der Waals surface area contributed by atoms with Gasteiger partial charge in [0.05, 0.1) is 10.6 Å². The van der Waals surface area contributed by atoms with Gasteiger partial charge >= 0.3 is 0 Å². The first-order valence-electron chi connectivity index (χ1n) is 8.98. The number of hydrogen-bond acceptors (Lipinski definition) is 4. The van der Waals surface area contributed by atoms with Crippen molar-refractivity contribution in [1.82, 2.24) is 5.32 Å². The van der Waals surface area contributed by atoms with E-state index < -0.39 is 0 Å². The monoisotopic (exact) mass is 464 g/mol. The molecule has 0 saturated carbocycles. The van der Waals surface area contributed by atoms with Crippen molar-refractivity contribution in [2.45, 2.75) is 6.61 Å². The van der Waals surface area contributed by atoms with Crippen molar-refractivity contribution in [1.29, 1.82) is 0 Å². The van der Waals surface area contributed by atoms with Gasteiger partial charge in [0, 0.05) is 10.0 Å². The highest BCUT2D eigenvalue weighted by Gasteiger charge is 2.24. The van der Waals surface area contributed by atoms with Crippen LogP contribution in [0.15, 0.2) is 93.2 Å². The Balaban J connectivity index is 1.56. The van der Waals surface area contributed by atoms with Crippen molar-refractivity contribution in [3.8, 4) is 5.75 Å². The third kappa shape index (κ3) is 5.16. The second kappa shape index (κ2) is 9.11. The number of thioether (sulfide) groups is 1. The number of rotatable bonds is 5. The van der Waals surface area contributed by atoms with Crippen LogP contribution >= 0.6 is 27.7 Å². The molecule has 1 fully saturated rings. The summed E-state index contributed by atoms with van der Waals surface area (Å²) in [5.74, 6) is 0.546. The molecule has 0 aromatic heterocycles. The Labute approximate surface area is 181 Å². The number of carbonyl (C=O) groups is 1. The zero-order valence-electron chi connectivity index (χ0n) is 15.3. The molecule has 0 unspecified atom stereocenters. The number of ether oxygens (including phenoxy) is 1. The van der Waals surface area contributed by atoms with Crippen molar-refractivity contribution < 1.29 is 9.53 Å². The van der Waals surface area contributed by atoms with Gasteiger partial charge in [0.25, 0.3) is 5.91 Å². The molecule has 0 aliphatic carbocycles. The SMILES string of the molecule is O=C1NC(=Nc2ccccc2)SC1=Cc1cc(Br)ccc1OCc1ccccc1. The van der Waals surface area contributed by atoms with Crippen LogP contribution < -0.4 is 10.1 Å². The van der Waals surface area contributed by atoms with E-state index in [0.29, 0.717) is 22.4 Å². The van der Waals surface area contributed by atoms with E-state index in [1.54, 1.807) is 0 Å². The molecule has 3 aromatic carbocycles. The minimum atomic E-state index is -0.168. The van der Waals surface area contributed by atoms with E-state index in [2.05, 4.69) is 26.2 Å². The predicted octanol–water partition coefficient (Wildman–Crippen LogP) is 5.92. The molecule has 1 heterocycles. The molecule has 0 spiro atoms. The first kappa shape index (κ1) is 19.5.